The molecule has 0 spiro atoms. The summed E-state index contributed by atoms with van der Waals surface area (Å²) in [6, 6.07) is 115. The zero-order valence-electron chi connectivity index (χ0n) is 54.7. The maximum atomic E-state index is 2.32. The van der Waals surface area contributed by atoms with Crippen molar-refractivity contribution in [1.29, 1.82) is 0 Å². The summed E-state index contributed by atoms with van der Waals surface area (Å²) in [4.78, 5) is 16.5. The fraction of sp³-hybridized carbons (Fsp3) is 0.163. The largest absolute Gasteiger partial charge is 0.169 e. The third kappa shape index (κ3) is 18.4. The molecule has 4 heteroatoms. The first-order valence-corrected chi connectivity index (χ1v) is 36.1. The molecule has 90 heavy (non-hydrogen) atoms. The monoisotopic (exact) mass is 1250 g/mol. The molecule has 0 N–H and O–H groups in total. The number of benzene rings is 12. The highest BCUT2D eigenvalue weighted by molar-refractivity contribution is 7.98. The fourth-order valence-electron chi connectivity index (χ4n) is 10.6. The predicted octanol–water partition coefficient (Wildman–Crippen LogP) is 23.6. The first-order valence-electron chi connectivity index (χ1n) is 31.2. The number of aryl methyl sites for hydroxylation is 6. The van der Waals surface area contributed by atoms with Gasteiger partial charge in [0, 0.05) is 5.56 Å². The minimum atomic E-state index is -0.0847. The van der Waals surface area contributed by atoms with E-state index in [9.17, 15) is 0 Å². The van der Waals surface area contributed by atoms with E-state index < -0.39 is 0 Å². The third-order valence-electron chi connectivity index (χ3n) is 15.3. The first-order chi connectivity index (χ1) is 43.4. The molecule has 0 atom stereocenters. The molecule has 0 aromatic heterocycles. The minimum Gasteiger partial charge on any atom is -0.0619 e. The van der Waals surface area contributed by atoms with Crippen molar-refractivity contribution >= 4 is 43.6 Å². The number of rotatable bonds is 12. The SMILES string of the molecule is CC(C)(C)c1ccc([S+](c2ccccc2)c2ccc(C(C)(C)C)cc2)cc1.Cc1cc(C)cc([S+](c2ccccc2)c2ccccc2)c1.Cc1ccc([S+](c2ccccc2)c2ccc(C)cc2)cc1.Cc1ccc([S+](c2ccccc2)c2ccccc2)c(C)c1. The van der Waals surface area contributed by atoms with Crippen molar-refractivity contribution in [1.82, 2.24) is 0 Å². The molecule has 0 aliphatic heterocycles. The molecule has 0 amide bonds. The molecule has 0 radical (unpaired) electrons. The van der Waals surface area contributed by atoms with E-state index in [2.05, 4.69) is 399 Å². The lowest BCUT2D eigenvalue weighted by Gasteiger charge is -2.20. The van der Waals surface area contributed by atoms with Gasteiger partial charge in [0.2, 0.25) is 0 Å². The van der Waals surface area contributed by atoms with Crippen molar-refractivity contribution in [2.24, 2.45) is 0 Å². The van der Waals surface area contributed by atoms with Crippen LogP contribution in [0.15, 0.2) is 374 Å². The Morgan fingerprint density at radius 2 is 0.422 bits per heavy atom. The molecule has 12 rings (SSSR count). The first kappa shape index (κ1) is 66.5. The summed E-state index contributed by atoms with van der Waals surface area (Å²) in [7, 11) is -0.186. The van der Waals surface area contributed by atoms with Crippen LogP contribution in [-0.2, 0) is 54.4 Å². The molecular formula is C86H88S4+4. The summed E-state index contributed by atoms with van der Waals surface area (Å²) in [5.41, 5.74) is 11.1. The summed E-state index contributed by atoms with van der Waals surface area (Å²) in [5.74, 6) is 0. The molecule has 452 valence electrons. The summed E-state index contributed by atoms with van der Waals surface area (Å²) in [6.07, 6.45) is 0. The minimum absolute atomic E-state index is 0.0312. The van der Waals surface area contributed by atoms with Gasteiger partial charge in [-0.1, -0.05) is 234 Å². The van der Waals surface area contributed by atoms with Crippen molar-refractivity contribution in [3.05, 3.63) is 360 Å². The van der Waals surface area contributed by atoms with Crippen molar-refractivity contribution in [3.8, 4) is 0 Å². The predicted molar refractivity (Wildman–Crippen MR) is 392 cm³/mol. The smallest absolute Gasteiger partial charge is 0.0619 e. The van der Waals surface area contributed by atoms with Gasteiger partial charge >= 0.3 is 0 Å². The van der Waals surface area contributed by atoms with Gasteiger partial charge in [0.25, 0.3) is 0 Å². The Hall–Kier alpha value is -7.96. The Balaban J connectivity index is 0.000000143. The van der Waals surface area contributed by atoms with Crippen LogP contribution in [-0.4, -0.2) is 0 Å². The van der Waals surface area contributed by atoms with E-state index in [-0.39, 0.29) is 54.4 Å². The van der Waals surface area contributed by atoms with Crippen LogP contribution in [0, 0.1) is 41.5 Å². The molecule has 0 heterocycles. The molecule has 0 nitrogen and oxygen atoms in total. The molecule has 0 saturated carbocycles. The lowest BCUT2D eigenvalue weighted by molar-refractivity contribution is 0.589. The van der Waals surface area contributed by atoms with Crippen molar-refractivity contribution in [3.63, 3.8) is 0 Å². The Kier molecular flexibility index (Phi) is 23.4. The Morgan fingerprint density at radius 3 is 0.689 bits per heavy atom. The van der Waals surface area contributed by atoms with Crippen LogP contribution in [0.25, 0.3) is 0 Å². The zero-order valence-corrected chi connectivity index (χ0v) is 57.9. The Morgan fingerprint density at radius 1 is 0.189 bits per heavy atom. The van der Waals surface area contributed by atoms with E-state index in [0.29, 0.717) is 0 Å². The normalized spacial score (nSPS) is 11.3. The van der Waals surface area contributed by atoms with E-state index in [0.717, 1.165) is 0 Å². The molecule has 0 aliphatic rings. The second-order valence-corrected chi connectivity index (χ2v) is 32.9. The van der Waals surface area contributed by atoms with Gasteiger partial charge in [-0.05, 0) is 214 Å². The van der Waals surface area contributed by atoms with Crippen LogP contribution in [0.1, 0.15) is 86.1 Å². The molecule has 12 aromatic carbocycles. The quantitative estimate of drug-likeness (QED) is 0.107. The van der Waals surface area contributed by atoms with Gasteiger partial charge in [-0.2, -0.15) is 0 Å². The average Bonchev–Trinajstić information content (AvgIpc) is 1.06. The van der Waals surface area contributed by atoms with Gasteiger partial charge in [-0.15, -0.1) is 0 Å². The zero-order chi connectivity index (χ0) is 63.6. The van der Waals surface area contributed by atoms with E-state index in [1.54, 1.807) is 0 Å². The fourth-order valence-corrected chi connectivity index (χ4v) is 19.2. The summed E-state index contributed by atoms with van der Waals surface area (Å²) in [5, 5.41) is 0. The van der Waals surface area contributed by atoms with Crippen molar-refractivity contribution in [2.45, 2.75) is 153 Å². The van der Waals surface area contributed by atoms with Gasteiger partial charge in [0.1, 0.15) is 0 Å². The highest BCUT2D eigenvalue weighted by Crippen LogP contribution is 2.37. The Bertz CT molecular complexity index is 3880. The van der Waals surface area contributed by atoms with E-state index in [1.165, 1.54) is 103 Å². The van der Waals surface area contributed by atoms with Crippen LogP contribution in [0.4, 0.5) is 0 Å². The highest BCUT2D eigenvalue weighted by atomic mass is 32.2. The molecule has 0 bridgehead atoms. The van der Waals surface area contributed by atoms with Crippen LogP contribution in [0.2, 0.25) is 0 Å². The van der Waals surface area contributed by atoms with Gasteiger partial charge in [-0.25, -0.2) is 0 Å². The van der Waals surface area contributed by atoms with E-state index in [4.69, 9.17) is 0 Å². The van der Waals surface area contributed by atoms with Crippen LogP contribution >= 0.6 is 0 Å². The second-order valence-electron chi connectivity index (χ2n) is 24.9. The van der Waals surface area contributed by atoms with Gasteiger partial charge < -0.3 is 0 Å². The van der Waals surface area contributed by atoms with E-state index >= 15 is 0 Å². The van der Waals surface area contributed by atoms with Gasteiger partial charge in [0.15, 0.2) is 58.7 Å². The summed E-state index contributed by atoms with van der Waals surface area (Å²) < 4.78 is 0. The average molecular weight is 1250 g/mol. The van der Waals surface area contributed by atoms with Gasteiger partial charge in [0.05, 0.1) is 43.6 Å². The van der Waals surface area contributed by atoms with Crippen LogP contribution < -0.4 is 0 Å². The molecule has 0 fully saturated rings. The van der Waals surface area contributed by atoms with Crippen LogP contribution in [0.3, 0.4) is 0 Å². The molecular weight excluding hydrogens is 1160 g/mol. The lowest BCUT2D eigenvalue weighted by atomic mass is 9.87. The number of hydrogen-bond acceptors (Lipinski definition) is 0. The van der Waals surface area contributed by atoms with Crippen molar-refractivity contribution in [2.75, 3.05) is 0 Å². The second kappa shape index (κ2) is 31.7. The van der Waals surface area contributed by atoms with Crippen LogP contribution in [0.5, 0.6) is 0 Å². The van der Waals surface area contributed by atoms with Crippen molar-refractivity contribution < 1.29 is 0 Å². The maximum absolute atomic E-state index is 2.32. The third-order valence-corrected chi connectivity index (χ3v) is 24.3. The lowest BCUT2D eigenvalue weighted by Crippen LogP contribution is -2.12. The topological polar surface area (TPSA) is 0 Å². The van der Waals surface area contributed by atoms with Gasteiger partial charge in [-0.3, -0.25) is 0 Å². The Labute approximate surface area is 552 Å². The summed E-state index contributed by atoms with van der Waals surface area (Å²) >= 11 is 0. The number of hydrogen-bond donors (Lipinski definition) is 0. The van der Waals surface area contributed by atoms with E-state index in [1.807, 2.05) is 0 Å². The molecule has 0 saturated heterocycles. The maximum Gasteiger partial charge on any atom is 0.169 e. The standard InChI is InChI=1S/C26H31S.3C20H19S/c1-25(2,3)20-12-16-23(17-13-20)27(22-10-8-7-9-11-22)24-18-14-21(15-19-24)26(4,5)6;1-16-13-17(2)15-20(14-16)21(18-9-5-3-6-10-18)19-11-7-4-8-12-19;1-16-13-14-20(17(2)15-16)21(18-9-5-3-6-10-18)19-11-7-4-8-12-19;1-16-8-12-19(13-9-16)21(18-6-4-3-5-7-18)20-14-10-17(2)11-15-20/h7-19H,1-6H3;3*3-15H,1-2H3/q4*+1. The molecule has 0 aliphatic carbocycles. The summed E-state index contributed by atoms with van der Waals surface area (Å²) in [6.45, 7) is 26.6. The molecule has 12 aromatic rings. The highest BCUT2D eigenvalue weighted by Gasteiger charge is 2.33. The molecule has 0 unspecified atom stereocenters.